The molecule has 0 saturated carbocycles. The largest absolute Gasteiger partial charge is 0.490 e. The Kier molecular flexibility index (Phi) is 13.5. The predicted octanol–water partition coefficient (Wildman–Crippen LogP) is 3.48. The van der Waals surface area contributed by atoms with E-state index in [1.54, 1.807) is 25.1 Å². The number of ether oxygens (including phenoxy) is 2. The van der Waals surface area contributed by atoms with E-state index in [2.05, 4.69) is 21.3 Å². The fourth-order valence-electron chi connectivity index (χ4n) is 3.95. The van der Waals surface area contributed by atoms with Crippen LogP contribution in [0.1, 0.15) is 58.6 Å². The normalized spacial score (nSPS) is 12.2. The zero-order valence-electron chi connectivity index (χ0n) is 24.0. The van der Waals surface area contributed by atoms with Crippen LogP contribution < -0.4 is 30.7 Å². The molecule has 40 heavy (non-hydrogen) atoms. The van der Waals surface area contributed by atoms with Gasteiger partial charge < -0.3 is 30.7 Å². The molecule has 0 bridgehead atoms. The smallest absolute Gasteiger partial charge is 0.315 e. The average Bonchev–Trinajstić information content (AvgIpc) is 2.94. The van der Waals surface area contributed by atoms with Crippen LogP contribution in [0.15, 0.2) is 48.5 Å². The lowest BCUT2D eigenvalue weighted by Gasteiger charge is -2.23. The Morgan fingerprint density at radius 3 is 2.02 bits per heavy atom. The maximum absolute atomic E-state index is 13.1. The molecule has 4 N–H and O–H groups in total. The number of Topliss-reactive ketones (excluding diaryl/α,β-unsaturated/α-hetero) is 1. The van der Waals surface area contributed by atoms with Gasteiger partial charge in [0.1, 0.15) is 6.04 Å². The van der Waals surface area contributed by atoms with Crippen molar-refractivity contribution >= 4 is 23.6 Å². The summed E-state index contributed by atoms with van der Waals surface area (Å²) < 4.78 is 11.2. The van der Waals surface area contributed by atoms with E-state index in [4.69, 9.17) is 9.47 Å². The summed E-state index contributed by atoms with van der Waals surface area (Å²) in [4.78, 5) is 51.2. The van der Waals surface area contributed by atoms with Gasteiger partial charge in [0.15, 0.2) is 11.5 Å². The van der Waals surface area contributed by atoms with Gasteiger partial charge in [-0.05, 0) is 55.9 Å². The first-order valence-corrected chi connectivity index (χ1v) is 13.8. The number of hydrogen-bond donors (Lipinski definition) is 4. The predicted molar refractivity (Wildman–Crippen MR) is 153 cm³/mol. The van der Waals surface area contributed by atoms with Gasteiger partial charge in [-0.1, -0.05) is 57.2 Å². The highest BCUT2D eigenvalue weighted by atomic mass is 16.5. The number of urea groups is 1. The van der Waals surface area contributed by atoms with Gasteiger partial charge in [0.25, 0.3) is 5.91 Å². The van der Waals surface area contributed by atoms with Gasteiger partial charge in [-0.3, -0.25) is 14.4 Å². The van der Waals surface area contributed by atoms with Gasteiger partial charge in [0.05, 0.1) is 19.3 Å². The van der Waals surface area contributed by atoms with Crippen molar-refractivity contribution in [2.75, 3.05) is 13.2 Å². The summed E-state index contributed by atoms with van der Waals surface area (Å²) in [7, 11) is 0. The number of ketones is 1. The number of carbonyl (C=O) groups excluding carboxylic acids is 4. The molecular formula is C30H42N4O6. The van der Waals surface area contributed by atoms with Crippen LogP contribution >= 0.6 is 0 Å². The molecule has 0 aliphatic heterocycles. The van der Waals surface area contributed by atoms with Gasteiger partial charge in [0, 0.05) is 13.1 Å². The van der Waals surface area contributed by atoms with E-state index in [-0.39, 0.29) is 18.9 Å². The highest BCUT2D eigenvalue weighted by Gasteiger charge is 2.29. The zero-order valence-corrected chi connectivity index (χ0v) is 24.0. The lowest BCUT2D eigenvalue weighted by molar-refractivity contribution is -0.140. The molecule has 10 heteroatoms. The number of benzene rings is 2. The summed E-state index contributed by atoms with van der Waals surface area (Å²) in [5.74, 6) is -0.846. The van der Waals surface area contributed by atoms with Crippen molar-refractivity contribution in [2.24, 2.45) is 5.92 Å². The third-order valence-electron chi connectivity index (χ3n) is 5.95. The van der Waals surface area contributed by atoms with Crippen LogP contribution in [0.4, 0.5) is 4.79 Å². The minimum absolute atomic E-state index is 0.0972. The number of nitrogens with one attached hydrogen (secondary N) is 4. The average molecular weight is 555 g/mol. The number of rotatable bonds is 16. The molecule has 0 radical (unpaired) electrons. The van der Waals surface area contributed by atoms with Gasteiger partial charge in [-0.15, -0.1) is 0 Å². The first kappa shape index (κ1) is 32.1. The Morgan fingerprint density at radius 2 is 1.40 bits per heavy atom. The molecule has 2 atom stereocenters. The van der Waals surface area contributed by atoms with Crippen molar-refractivity contribution in [1.29, 1.82) is 0 Å². The van der Waals surface area contributed by atoms with Crippen molar-refractivity contribution in [3.63, 3.8) is 0 Å². The van der Waals surface area contributed by atoms with Crippen molar-refractivity contribution in [3.05, 3.63) is 59.7 Å². The second-order valence-corrected chi connectivity index (χ2v) is 9.66. The van der Waals surface area contributed by atoms with E-state index < -0.39 is 35.7 Å². The first-order valence-electron chi connectivity index (χ1n) is 13.8. The summed E-state index contributed by atoms with van der Waals surface area (Å²) in [6, 6.07) is 12.3. The molecule has 0 aromatic heterocycles. The van der Waals surface area contributed by atoms with Crippen LogP contribution in [-0.2, 0) is 27.5 Å². The molecule has 0 spiro atoms. The quantitative estimate of drug-likeness (QED) is 0.235. The summed E-state index contributed by atoms with van der Waals surface area (Å²) in [6.45, 7) is 10.6. The van der Waals surface area contributed by atoms with E-state index in [1.165, 1.54) is 0 Å². The van der Waals surface area contributed by atoms with E-state index in [0.29, 0.717) is 37.7 Å². The van der Waals surface area contributed by atoms with Crippen molar-refractivity contribution in [2.45, 2.75) is 72.6 Å². The first-order chi connectivity index (χ1) is 19.2. The number of carbonyl (C=O) groups is 4. The van der Waals surface area contributed by atoms with Crippen molar-refractivity contribution < 1.29 is 28.7 Å². The highest BCUT2D eigenvalue weighted by molar-refractivity contribution is 6.38. The molecule has 4 amide bonds. The Labute approximate surface area is 236 Å². The van der Waals surface area contributed by atoms with Gasteiger partial charge in [-0.25, -0.2) is 4.79 Å². The van der Waals surface area contributed by atoms with Gasteiger partial charge in [-0.2, -0.15) is 0 Å². The summed E-state index contributed by atoms with van der Waals surface area (Å²) in [5, 5.41) is 10.7. The third-order valence-corrected chi connectivity index (χ3v) is 5.95. The lowest BCUT2D eigenvalue weighted by Crippen LogP contribution is -2.55. The zero-order chi connectivity index (χ0) is 29.5. The van der Waals surface area contributed by atoms with E-state index in [0.717, 1.165) is 11.1 Å². The van der Waals surface area contributed by atoms with Crippen LogP contribution in [0.5, 0.6) is 11.5 Å². The van der Waals surface area contributed by atoms with E-state index in [1.807, 2.05) is 58.0 Å². The molecule has 0 saturated heterocycles. The molecule has 10 nitrogen and oxygen atoms in total. The topological polar surface area (TPSA) is 135 Å². The van der Waals surface area contributed by atoms with Crippen LogP contribution in [0.3, 0.4) is 0 Å². The van der Waals surface area contributed by atoms with Crippen LogP contribution in [-0.4, -0.2) is 48.9 Å². The third kappa shape index (κ3) is 10.6. The summed E-state index contributed by atoms with van der Waals surface area (Å²) in [5.41, 5.74) is 1.65. The molecule has 2 unspecified atom stereocenters. The lowest BCUT2D eigenvalue weighted by atomic mass is 10.0. The van der Waals surface area contributed by atoms with Crippen LogP contribution in [0, 0.1) is 5.92 Å². The number of hydrogen-bond acceptors (Lipinski definition) is 6. The standard InChI is InChI=1S/C30H42N4O6/c1-6-23(27(35)29(37)31-19-22-14-15-25(39-7-2)26(17-22)40-8-3)33-28(36)24(16-20(4)5)34-30(38)32-18-21-12-10-9-11-13-21/h9-15,17,20,23-24H,6-8,16,18-19H2,1-5H3,(H,31,37)(H,33,36)(H2,32,34,38). The van der Waals surface area contributed by atoms with Crippen molar-refractivity contribution in [3.8, 4) is 11.5 Å². The Hall–Kier alpha value is -4.08. The summed E-state index contributed by atoms with van der Waals surface area (Å²) >= 11 is 0. The van der Waals surface area contributed by atoms with E-state index >= 15 is 0 Å². The fraction of sp³-hybridized carbons (Fsp3) is 0.467. The molecule has 218 valence electrons. The van der Waals surface area contributed by atoms with Crippen LogP contribution in [0.2, 0.25) is 0 Å². The molecule has 0 fully saturated rings. The molecule has 2 aromatic rings. The highest BCUT2D eigenvalue weighted by Crippen LogP contribution is 2.28. The summed E-state index contributed by atoms with van der Waals surface area (Å²) in [6.07, 6.45) is 0.575. The fourth-order valence-corrected chi connectivity index (χ4v) is 3.95. The number of amides is 4. The molecule has 0 aliphatic carbocycles. The molecule has 2 aromatic carbocycles. The molecule has 2 rings (SSSR count). The Bertz CT molecular complexity index is 1120. The van der Waals surface area contributed by atoms with Crippen LogP contribution in [0.25, 0.3) is 0 Å². The van der Waals surface area contributed by atoms with Crippen molar-refractivity contribution in [1.82, 2.24) is 21.3 Å². The SMILES string of the molecule is CCOc1ccc(CNC(=O)C(=O)C(CC)NC(=O)C(CC(C)C)NC(=O)NCc2ccccc2)cc1OCC. The minimum Gasteiger partial charge on any atom is -0.490 e. The molecule has 0 aliphatic rings. The second kappa shape index (κ2) is 16.8. The maximum atomic E-state index is 13.1. The van der Waals surface area contributed by atoms with Gasteiger partial charge in [0.2, 0.25) is 11.7 Å². The monoisotopic (exact) mass is 554 g/mol. The Morgan fingerprint density at radius 1 is 0.750 bits per heavy atom. The molecule has 0 heterocycles. The Balaban J connectivity index is 1.97. The minimum atomic E-state index is -1.03. The van der Waals surface area contributed by atoms with E-state index in [9.17, 15) is 19.2 Å². The maximum Gasteiger partial charge on any atom is 0.315 e. The van der Waals surface area contributed by atoms with Gasteiger partial charge >= 0.3 is 6.03 Å². The second-order valence-electron chi connectivity index (χ2n) is 9.66. The molecular weight excluding hydrogens is 512 g/mol.